The number of nitrogens with one attached hydrogen (secondary N) is 1. The second kappa shape index (κ2) is 10.0. The van der Waals surface area contributed by atoms with Gasteiger partial charge in [0.1, 0.15) is 23.2 Å². The van der Waals surface area contributed by atoms with Crippen LogP contribution < -0.4 is 10.9 Å². The summed E-state index contributed by atoms with van der Waals surface area (Å²) < 4.78 is 17.5. The summed E-state index contributed by atoms with van der Waals surface area (Å²) in [6.45, 7) is 0.597. The van der Waals surface area contributed by atoms with Crippen molar-refractivity contribution in [2.24, 2.45) is 7.05 Å². The molecule has 0 bridgehead atoms. The van der Waals surface area contributed by atoms with Crippen LogP contribution >= 0.6 is 0 Å². The van der Waals surface area contributed by atoms with Crippen molar-refractivity contribution >= 4 is 22.6 Å². The van der Waals surface area contributed by atoms with Crippen LogP contribution in [0, 0.1) is 15.9 Å². The fraction of sp³-hybridized carbons (Fsp3) is 0.160. The van der Waals surface area contributed by atoms with Crippen molar-refractivity contribution in [2.75, 3.05) is 6.54 Å². The number of hydrogen-bond donors (Lipinski definition) is 1. The molecule has 13 heteroatoms. The Kier molecular flexibility index (Phi) is 6.47. The highest BCUT2D eigenvalue weighted by Gasteiger charge is 2.16. The molecule has 3 heterocycles. The molecule has 0 saturated carbocycles. The maximum atomic E-state index is 13.2. The van der Waals surface area contributed by atoms with Gasteiger partial charge in [0.05, 0.1) is 29.9 Å². The summed E-state index contributed by atoms with van der Waals surface area (Å²) in [7, 11) is 1.64. The van der Waals surface area contributed by atoms with Gasteiger partial charge in [0.2, 0.25) is 0 Å². The number of non-ortho nitro benzene ring substituents is 1. The van der Waals surface area contributed by atoms with Crippen molar-refractivity contribution in [3.8, 4) is 11.3 Å². The number of nitro groups is 1. The second-order valence-electron chi connectivity index (χ2n) is 8.51. The van der Waals surface area contributed by atoms with Crippen molar-refractivity contribution in [1.29, 1.82) is 0 Å². The molecule has 5 rings (SSSR count). The largest absolute Gasteiger partial charge is 0.349 e. The van der Waals surface area contributed by atoms with E-state index in [4.69, 9.17) is 0 Å². The number of hydrogen-bond acceptors (Lipinski definition) is 7. The van der Waals surface area contributed by atoms with Crippen LogP contribution in [0.1, 0.15) is 16.1 Å². The van der Waals surface area contributed by atoms with Gasteiger partial charge in [0.25, 0.3) is 17.2 Å². The fourth-order valence-electron chi connectivity index (χ4n) is 4.05. The Morgan fingerprint density at radius 1 is 1.16 bits per heavy atom. The summed E-state index contributed by atoms with van der Waals surface area (Å²) >= 11 is 0. The fourth-order valence-corrected chi connectivity index (χ4v) is 4.05. The number of amides is 1. The Labute approximate surface area is 214 Å². The van der Waals surface area contributed by atoms with Gasteiger partial charge >= 0.3 is 0 Å². The van der Waals surface area contributed by atoms with E-state index in [-0.39, 0.29) is 42.6 Å². The summed E-state index contributed by atoms with van der Waals surface area (Å²) in [5.74, 6) is -0.707. The molecule has 0 spiro atoms. The van der Waals surface area contributed by atoms with E-state index < -0.39 is 4.92 Å². The molecular weight excluding hydrogens is 495 g/mol. The molecule has 0 aliphatic carbocycles. The van der Waals surface area contributed by atoms with Gasteiger partial charge in [-0.05, 0) is 35.9 Å². The van der Waals surface area contributed by atoms with Crippen molar-refractivity contribution < 1.29 is 14.1 Å². The van der Waals surface area contributed by atoms with Crippen molar-refractivity contribution in [3.63, 3.8) is 0 Å². The molecule has 0 unspecified atom stereocenters. The summed E-state index contributed by atoms with van der Waals surface area (Å²) in [6.07, 6.45) is 2.78. The molecule has 1 amide bonds. The van der Waals surface area contributed by atoms with Crippen LogP contribution in [-0.4, -0.2) is 46.5 Å². The molecule has 0 aliphatic heterocycles. The van der Waals surface area contributed by atoms with Gasteiger partial charge in [-0.15, -0.1) is 0 Å². The van der Waals surface area contributed by atoms with Crippen LogP contribution in [0.3, 0.4) is 0 Å². The van der Waals surface area contributed by atoms with Crippen molar-refractivity contribution in [2.45, 2.75) is 13.1 Å². The van der Waals surface area contributed by atoms with Gasteiger partial charge in [-0.25, -0.2) is 14.1 Å². The summed E-state index contributed by atoms with van der Waals surface area (Å²) in [5.41, 5.74) is 2.12. The molecule has 1 N–H and O–H groups in total. The normalized spacial score (nSPS) is 11.1. The zero-order valence-corrected chi connectivity index (χ0v) is 20.1. The molecule has 0 fully saturated rings. The number of carbonyl (C=O) groups excluding carboxylic acids is 1. The minimum atomic E-state index is -0.491. The van der Waals surface area contributed by atoms with E-state index in [1.807, 2.05) is 0 Å². The predicted molar refractivity (Wildman–Crippen MR) is 135 cm³/mol. The second-order valence-corrected chi connectivity index (χ2v) is 8.51. The van der Waals surface area contributed by atoms with E-state index >= 15 is 0 Å². The van der Waals surface area contributed by atoms with E-state index in [2.05, 4.69) is 20.5 Å². The third-order valence-corrected chi connectivity index (χ3v) is 5.96. The molecule has 5 aromatic rings. The Morgan fingerprint density at radius 2 is 1.95 bits per heavy atom. The molecule has 3 aromatic heterocycles. The number of carbonyl (C=O) groups is 1. The number of benzene rings is 2. The third kappa shape index (κ3) is 4.89. The first-order valence-corrected chi connectivity index (χ1v) is 11.5. The molecule has 0 radical (unpaired) electrons. The SMILES string of the molecule is Cn1nc(-c2ccc(F)cc2)cc1C(=O)NCCn1ncc2c(=O)n(Cc3cccc([N+](=O)[O-])c3)cnc21. The zero-order valence-electron chi connectivity index (χ0n) is 20.1. The summed E-state index contributed by atoms with van der Waals surface area (Å²) in [4.78, 5) is 40.5. The highest BCUT2D eigenvalue weighted by atomic mass is 19.1. The highest BCUT2D eigenvalue weighted by molar-refractivity contribution is 5.93. The van der Waals surface area contributed by atoms with E-state index in [0.717, 1.165) is 0 Å². The lowest BCUT2D eigenvalue weighted by Crippen LogP contribution is -2.29. The van der Waals surface area contributed by atoms with Gasteiger partial charge in [-0.2, -0.15) is 10.2 Å². The van der Waals surface area contributed by atoms with Gasteiger partial charge in [0.15, 0.2) is 5.65 Å². The van der Waals surface area contributed by atoms with Crippen molar-refractivity contribution in [3.05, 3.63) is 105 Å². The lowest BCUT2D eigenvalue weighted by Gasteiger charge is -2.08. The van der Waals surface area contributed by atoms with E-state index in [0.29, 0.717) is 33.5 Å². The van der Waals surface area contributed by atoms with Crippen LogP contribution in [0.4, 0.5) is 10.1 Å². The Bertz CT molecular complexity index is 1720. The average molecular weight is 516 g/mol. The van der Waals surface area contributed by atoms with Crippen LogP contribution in [0.5, 0.6) is 0 Å². The maximum absolute atomic E-state index is 13.2. The lowest BCUT2D eigenvalue weighted by molar-refractivity contribution is -0.384. The first-order chi connectivity index (χ1) is 18.3. The van der Waals surface area contributed by atoms with Gasteiger partial charge in [-0.1, -0.05) is 12.1 Å². The number of fused-ring (bicyclic) bond motifs is 1. The molecule has 12 nitrogen and oxygen atoms in total. The van der Waals surface area contributed by atoms with Gasteiger partial charge < -0.3 is 5.32 Å². The number of aryl methyl sites for hydroxylation is 1. The minimum Gasteiger partial charge on any atom is -0.349 e. The average Bonchev–Trinajstić information content (AvgIpc) is 3.50. The minimum absolute atomic E-state index is 0.0581. The summed E-state index contributed by atoms with van der Waals surface area (Å²) in [5, 5.41) is 22.7. The molecule has 0 atom stereocenters. The smallest absolute Gasteiger partial charge is 0.269 e. The van der Waals surface area contributed by atoms with Gasteiger partial charge in [-0.3, -0.25) is 29.0 Å². The van der Waals surface area contributed by atoms with Crippen LogP contribution in [0.2, 0.25) is 0 Å². The Morgan fingerprint density at radius 3 is 2.71 bits per heavy atom. The Balaban J connectivity index is 1.26. The molecule has 0 saturated heterocycles. The molecule has 192 valence electrons. The van der Waals surface area contributed by atoms with Crippen molar-refractivity contribution in [1.82, 2.24) is 34.4 Å². The van der Waals surface area contributed by atoms with E-state index in [9.17, 15) is 24.1 Å². The number of rotatable bonds is 8. The molecule has 0 aliphatic rings. The number of nitrogens with zero attached hydrogens (tertiary/aromatic N) is 7. The molecule has 2 aromatic carbocycles. The maximum Gasteiger partial charge on any atom is 0.269 e. The first-order valence-electron chi connectivity index (χ1n) is 11.5. The predicted octanol–water partition coefficient (Wildman–Crippen LogP) is 2.52. The van der Waals surface area contributed by atoms with Gasteiger partial charge in [0, 0.05) is 31.3 Å². The quantitative estimate of drug-likeness (QED) is 0.247. The highest BCUT2D eigenvalue weighted by Crippen LogP contribution is 2.19. The zero-order chi connectivity index (χ0) is 26.8. The number of nitro benzene ring substituents is 1. The van der Waals surface area contributed by atoms with Crippen LogP contribution in [0.15, 0.2) is 71.9 Å². The number of aromatic nitrogens is 6. The Hall–Kier alpha value is -5.20. The van der Waals surface area contributed by atoms with E-state index in [1.54, 1.807) is 37.4 Å². The number of halogens is 1. The lowest BCUT2D eigenvalue weighted by atomic mass is 10.1. The standard InChI is InChI=1S/C25H21FN8O4/c1-31-22(12-21(30-31)17-5-7-18(26)8-6-17)24(35)27-9-10-33-23-20(13-29-33)25(36)32(15-28-23)14-16-3-2-4-19(11-16)34(37)38/h2-8,11-13,15H,9-10,14H2,1H3,(H,27,35). The molecule has 38 heavy (non-hydrogen) atoms. The molecular formula is C25H21FN8O4. The topological polar surface area (TPSA) is 143 Å². The first kappa shape index (κ1) is 24.5. The summed E-state index contributed by atoms with van der Waals surface area (Å²) in [6, 6.07) is 13.5. The third-order valence-electron chi connectivity index (χ3n) is 5.96. The van der Waals surface area contributed by atoms with Crippen LogP contribution in [0.25, 0.3) is 22.3 Å². The van der Waals surface area contributed by atoms with Crippen LogP contribution in [-0.2, 0) is 20.1 Å². The van der Waals surface area contributed by atoms with E-state index in [1.165, 1.54) is 50.7 Å². The monoisotopic (exact) mass is 516 g/mol.